The van der Waals surface area contributed by atoms with Crippen LogP contribution in [0.5, 0.6) is 0 Å². The smallest absolute Gasteiger partial charge is 0.328 e. The van der Waals surface area contributed by atoms with Gasteiger partial charge in [0.15, 0.2) is 0 Å². The van der Waals surface area contributed by atoms with Crippen molar-refractivity contribution in [1.29, 1.82) is 0 Å². The summed E-state index contributed by atoms with van der Waals surface area (Å²) in [5.41, 5.74) is 0. The van der Waals surface area contributed by atoms with E-state index >= 15 is 0 Å². The first kappa shape index (κ1) is 13.2. The Bertz CT molecular complexity index is 206. The predicted molar refractivity (Wildman–Crippen MR) is 54.1 cm³/mol. The standard InChI is InChI=1S/C9H16ClNO3/c1-6(2)8(11-7(3)12)9(13)14-5-4-10/h6,8H,4-5H2,1-3H3,(H,11,12)/t8-/m0/s1. The third-order valence-electron chi connectivity index (χ3n) is 1.60. The highest BCUT2D eigenvalue weighted by atomic mass is 35.5. The van der Waals surface area contributed by atoms with Crippen molar-refractivity contribution in [3.63, 3.8) is 0 Å². The lowest BCUT2D eigenvalue weighted by Crippen LogP contribution is -2.44. The molecule has 4 nitrogen and oxygen atoms in total. The van der Waals surface area contributed by atoms with Crippen LogP contribution < -0.4 is 5.32 Å². The molecule has 0 bridgehead atoms. The number of rotatable bonds is 5. The Balaban J connectivity index is 4.19. The van der Waals surface area contributed by atoms with Gasteiger partial charge in [0.25, 0.3) is 0 Å². The van der Waals surface area contributed by atoms with Crippen LogP contribution in [-0.4, -0.2) is 30.4 Å². The van der Waals surface area contributed by atoms with Crippen molar-refractivity contribution < 1.29 is 14.3 Å². The summed E-state index contributed by atoms with van der Waals surface area (Å²) in [7, 11) is 0. The molecule has 0 fully saturated rings. The lowest BCUT2D eigenvalue weighted by molar-refractivity contribution is -0.148. The molecule has 1 amide bonds. The number of amides is 1. The van der Waals surface area contributed by atoms with Gasteiger partial charge in [0.2, 0.25) is 5.91 Å². The highest BCUT2D eigenvalue weighted by Crippen LogP contribution is 2.03. The highest BCUT2D eigenvalue weighted by Gasteiger charge is 2.24. The molecule has 0 heterocycles. The van der Waals surface area contributed by atoms with Gasteiger partial charge in [-0.1, -0.05) is 13.8 Å². The van der Waals surface area contributed by atoms with E-state index in [-0.39, 0.29) is 24.3 Å². The SMILES string of the molecule is CC(=O)N[C@H](C(=O)OCCCl)C(C)C. The number of ether oxygens (including phenoxy) is 1. The minimum atomic E-state index is -0.587. The van der Waals surface area contributed by atoms with Crippen molar-refractivity contribution in [2.75, 3.05) is 12.5 Å². The second kappa shape index (κ2) is 6.65. The third kappa shape index (κ3) is 5.07. The second-order valence-electron chi connectivity index (χ2n) is 3.28. The molecule has 0 aliphatic carbocycles. The lowest BCUT2D eigenvalue weighted by Gasteiger charge is -2.19. The fourth-order valence-corrected chi connectivity index (χ4v) is 1.02. The number of halogens is 1. The summed E-state index contributed by atoms with van der Waals surface area (Å²) < 4.78 is 4.83. The van der Waals surface area contributed by atoms with Crippen LogP contribution in [0, 0.1) is 5.92 Å². The van der Waals surface area contributed by atoms with Crippen molar-refractivity contribution >= 4 is 23.5 Å². The molecule has 82 valence electrons. The maximum absolute atomic E-state index is 11.4. The number of nitrogens with one attached hydrogen (secondary N) is 1. The van der Waals surface area contributed by atoms with Gasteiger partial charge in [0.05, 0.1) is 5.88 Å². The van der Waals surface area contributed by atoms with Gasteiger partial charge in [-0.3, -0.25) is 4.79 Å². The van der Waals surface area contributed by atoms with E-state index < -0.39 is 12.0 Å². The molecular formula is C9H16ClNO3. The first-order valence-corrected chi connectivity index (χ1v) is 5.02. The Morgan fingerprint density at radius 2 is 2.00 bits per heavy atom. The number of esters is 1. The summed E-state index contributed by atoms with van der Waals surface area (Å²) in [5, 5.41) is 2.53. The minimum absolute atomic E-state index is 0.00160. The van der Waals surface area contributed by atoms with Gasteiger partial charge in [0, 0.05) is 6.92 Å². The van der Waals surface area contributed by atoms with E-state index in [0.29, 0.717) is 0 Å². The van der Waals surface area contributed by atoms with Gasteiger partial charge >= 0.3 is 5.97 Å². The molecule has 5 heteroatoms. The van der Waals surface area contributed by atoms with E-state index in [2.05, 4.69) is 5.32 Å². The molecule has 0 saturated heterocycles. The fourth-order valence-electron chi connectivity index (χ4n) is 0.946. The molecule has 0 radical (unpaired) electrons. The van der Waals surface area contributed by atoms with Gasteiger partial charge in [-0.2, -0.15) is 0 Å². The second-order valence-corrected chi connectivity index (χ2v) is 3.66. The number of hydrogen-bond acceptors (Lipinski definition) is 3. The molecule has 0 aromatic rings. The van der Waals surface area contributed by atoms with Crippen LogP contribution in [0.1, 0.15) is 20.8 Å². The molecule has 0 aliphatic heterocycles. The van der Waals surface area contributed by atoms with Crippen LogP contribution >= 0.6 is 11.6 Å². The van der Waals surface area contributed by atoms with Crippen LogP contribution in [0.3, 0.4) is 0 Å². The van der Waals surface area contributed by atoms with Gasteiger partial charge < -0.3 is 10.1 Å². The molecule has 0 aliphatic rings. The van der Waals surface area contributed by atoms with Crippen molar-refractivity contribution in [3.05, 3.63) is 0 Å². The summed E-state index contributed by atoms with van der Waals surface area (Å²) in [6.07, 6.45) is 0. The van der Waals surface area contributed by atoms with Crippen LogP contribution in [-0.2, 0) is 14.3 Å². The first-order chi connectivity index (χ1) is 6.49. The zero-order chi connectivity index (χ0) is 11.1. The van der Waals surface area contributed by atoms with Crippen LogP contribution in [0.25, 0.3) is 0 Å². The Hall–Kier alpha value is -0.770. The molecule has 1 N–H and O–H groups in total. The first-order valence-electron chi connectivity index (χ1n) is 4.48. The molecule has 0 aromatic heterocycles. The molecule has 14 heavy (non-hydrogen) atoms. The molecule has 0 aromatic carbocycles. The van der Waals surface area contributed by atoms with Gasteiger partial charge in [-0.15, -0.1) is 11.6 Å². The van der Waals surface area contributed by atoms with Crippen LogP contribution in [0.2, 0.25) is 0 Å². The van der Waals surface area contributed by atoms with Crippen molar-refractivity contribution in [3.8, 4) is 0 Å². The summed E-state index contributed by atoms with van der Waals surface area (Å²) in [6.45, 7) is 5.21. The molecule has 1 atom stereocenters. The van der Waals surface area contributed by atoms with E-state index in [9.17, 15) is 9.59 Å². The highest BCUT2D eigenvalue weighted by molar-refractivity contribution is 6.18. The normalized spacial score (nSPS) is 12.4. The van der Waals surface area contributed by atoms with Gasteiger partial charge in [-0.05, 0) is 5.92 Å². The average Bonchev–Trinajstić information content (AvgIpc) is 2.09. The number of carbonyl (C=O) groups is 2. The summed E-state index contributed by atoms with van der Waals surface area (Å²) >= 11 is 5.37. The molecular weight excluding hydrogens is 206 g/mol. The lowest BCUT2D eigenvalue weighted by atomic mass is 10.0. The average molecular weight is 222 g/mol. The van der Waals surface area contributed by atoms with Crippen molar-refractivity contribution in [2.45, 2.75) is 26.8 Å². The maximum atomic E-state index is 11.4. The Morgan fingerprint density at radius 3 is 2.36 bits per heavy atom. The van der Waals surface area contributed by atoms with Crippen LogP contribution in [0.4, 0.5) is 0 Å². The van der Waals surface area contributed by atoms with E-state index in [0.717, 1.165) is 0 Å². The zero-order valence-corrected chi connectivity index (χ0v) is 9.43. The molecule has 0 saturated carbocycles. The van der Waals surface area contributed by atoms with E-state index in [1.54, 1.807) is 0 Å². The number of alkyl halides is 1. The van der Waals surface area contributed by atoms with E-state index in [1.807, 2.05) is 13.8 Å². The summed E-state index contributed by atoms with van der Waals surface area (Å²) in [6, 6.07) is -0.587. The molecule has 0 unspecified atom stereocenters. The summed E-state index contributed by atoms with van der Waals surface area (Å²) in [4.78, 5) is 22.2. The van der Waals surface area contributed by atoms with Gasteiger partial charge in [-0.25, -0.2) is 4.79 Å². The topological polar surface area (TPSA) is 55.4 Å². The van der Waals surface area contributed by atoms with Crippen molar-refractivity contribution in [2.24, 2.45) is 5.92 Å². The monoisotopic (exact) mass is 221 g/mol. The maximum Gasteiger partial charge on any atom is 0.328 e. The molecule has 0 rings (SSSR count). The Morgan fingerprint density at radius 1 is 1.43 bits per heavy atom. The van der Waals surface area contributed by atoms with Crippen molar-refractivity contribution in [1.82, 2.24) is 5.32 Å². The Labute approximate surface area is 88.9 Å². The fraction of sp³-hybridized carbons (Fsp3) is 0.778. The van der Waals surface area contributed by atoms with E-state index in [1.165, 1.54) is 6.92 Å². The predicted octanol–water partition coefficient (Wildman–Crippen LogP) is 0.929. The molecule has 0 spiro atoms. The largest absolute Gasteiger partial charge is 0.463 e. The minimum Gasteiger partial charge on any atom is -0.463 e. The Kier molecular flexibility index (Phi) is 6.28. The third-order valence-corrected chi connectivity index (χ3v) is 1.76. The summed E-state index contributed by atoms with van der Waals surface area (Å²) in [5.74, 6) is -0.416. The number of hydrogen-bond donors (Lipinski definition) is 1. The van der Waals surface area contributed by atoms with E-state index in [4.69, 9.17) is 16.3 Å². The van der Waals surface area contributed by atoms with Gasteiger partial charge in [0.1, 0.15) is 12.6 Å². The zero-order valence-electron chi connectivity index (χ0n) is 8.67. The number of carbonyl (C=O) groups excluding carboxylic acids is 2. The quantitative estimate of drug-likeness (QED) is 0.555. The van der Waals surface area contributed by atoms with Crippen LogP contribution in [0.15, 0.2) is 0 Å².